The zero-order valence-electron chi connectivity index (χ0n) is 21.5. The zero-order chi connectivity index (χ0) is 23.4. The van der Waals surface area contributed by atoms with Crippen LogP contribution in [0.4, 0.5) is 0 Å². The molecule has 0 unspecified atom stereocenters. The van der Waals surface area contributed by atoms with Crippen LogP contribution < -0.4 is 10.6 Å². The maximum Gasteiger partial charge on any atom is 0.222 e. The molecule has 192 valence electrons. The van der Waals surface area contributed by atoms with Gasteiger partial charge in [-0.25, -0.2) is 0 Å². The van der Waals surface area contributed by atoms with E-state index in [-0.39, 0.29) is 35.8 Å². The normalized spacial score (nSPS) is 17.9. The SMILES string of the molecule is CCNC(=NCC1(CC)CCC1)NCCCCCC(=O)N1CCN(C(=O)CC(C)C)CC1.I. The lowest BCUT2D eigenvalue weighted by molar-refractivity contribution is -0.140. The fourth-order valence-corrected chi connectivity index (χ4v) is 4.52. The molecule has 0 aromatic heterocycles. The summed E-state index contributed by atoms with van der Waals surface area (Å²) in [6.07, 6.45) is 9.37. The summed E-state index contributed by atoms with van der Waals surface area (Å²) in [5, 5.41) is 6.80. The highest BCUT2D eigenvalue weighted by Crippen LogP contribution is 2.43. The number of aliphatic imine (C=N–C) groups is 1. The molecule has 33 heavy (non-hydrogen) atoms. The van der Waals surface area contributed by atoms with Crippen molar-refractivity contribution in [1.29, 1.82) is 0 Å². The minimum Gasteiger partial charge on any atom is -0.357 e. The first-order chi connectivity index (χ1) is 15.4. The topological polar surface area (TPSA) is 77.0 Å². The fourth-order valence-electron chi connectivity index (χ4n) is 4.52. The summed E-state index contributed by atoms with van der Waals surface area (Å²) in [7, 11) is 0. The van der Waals surface area contributed by atoms with Gasteiger partial charge < -0.3 is 20.4 Å². The molecule has 2 aliphatic rings. The van der Waals surface area contributed by atoms with Crippen molar-refractivity contribution in [3.63, 3.8) is 0 Å². The summed E-state index contributed by atoms with van der Waals surface area (Å²) in [4.78, 5) is 33.3. The summed E-state index contributed by atoms with van der Waals surface area (Å²) in [5.41, 5.74) is 0.440. The van der Waals surface area contributed by atoms with E-state index in [0.717, 1.165) is 44.9 Å². The second kappa shape index (κ2) is 15.8. The lowest BCUT2D eigenvalue weighted by Crippen LogP contribution is -2.50. The highest BCUT2D eigenvalue weighted by atomic mass is 127. The van der Waals surface area contributed by atoms with Crippen molar-refractivity contribution >= 4 is 41.8 Å². The van der Waals surface area contributed by atoms with Gasteiger partial charge in [-0.2, -0.15) is 0 Å². The predicted octanol–water partition coefficient (Wildman–Crippen LogP) is 4.02. The van der Waals surface area contributed by atoms with Gasteiger partial charge in [0.15, 0.2) is 5.96 Å². The Bertz CT molecular complexity index is 608. The standard InChI is InChI=1S/C25H47N5O2.HI/c1-5-25(12-10-13-25)20-28-24(26-6-2)27-14-9-7-8-11-22(31)29-15-17-30(18-16-29)23(32)19-21(3)4;/h21H,5-20H2,1-4H3,(H2,26,27,28);1H. The molecule has 1 saturated heterocycles. The van der Waals surface area contributed by atoms with Gasteiger partial charge in [0.25, 0.3) is 0 Å². The predicted molar refractivity (Wildman–Crippen MR) is 147 cm³/mol. The van der Waals surface area contributed by atoms with Crippen LogP contribution in [0.15, 0.2) is 4.99 Å². The number of unbranched alkanes of at least 4 members (excludes halogenated alkanes) is 2. The van der Waals surface area contributed by atoms with Gasteiger partial charge in [-0.1, -0.05) is 33.6 Å². The first kappa shape index (κ1) is 30.0. The van der Waals surface area contributed by atoms with Crippen molar-refractivity contribution in [1.82, 2.24) is 20.4 Å². The quantitative estimate of drug-likeness (QED) is 0.159. The molecule has 2 amide bonds. The Kier molecular flexibility index (Phi) is 14.3. The van der Waals surface area contributed by atoms with Crippen LogP contribution in [0, 0.1) is 11.3 Å². The van der Waals surface area contributed by atoms with E-state index >= 15 is 0 Å². The van der Waals surface area contributed by atoms with Gasteiger partial charge in [-0.15, -0.1) is 24.0 Å². The summed E-state index contributed by atoms with van der Waals surface area (Å²) < 4.78 is 0. The van der Waals surface area contributed by atoms with Gasteiger partial charge in [-0.3, -0.25) is 14.6 Å². The van der Waals surface area contributed by atoms with Gasteiger partial charge in [0.05, 0.1) is 0 Å². The Hall–Kier alpha value is -1.06. The highest BCUT2D eigenvalue weighted by Gasteiger charge is 2.34. The van der Waals surface area contributed by atoms with Crippen molar-refractivity contribution < 1.29 is 9.59 Å². The molecule has 0 spiro atoms. The molecule has 1 aliphatic carbocycles. The number of carbonyl (C=O) groups is 2. The van der Waals surface area contributed by atoms with Gasteiger partial charge >= 0.3 is 0 Å². The molecule has 8 heteroatoms. The van der Waals surface area contributed by atoms with E-state index in [1.807, 2.05) is 9.80 Å². The second-order valence-electron chi connectivity index (χ2n) is 10.00. The molecule has 2 rings (SSSR count). The van der Waals surface area contributed by atoms with Crippen LogP contribution in [-0.4, -0.2) is 73.4 Å². The molecule has 1 heterocycles. The van der Waals surface area contributed by atoms with Crippen LogP contribution in [0.3, 0.4) is 0 Å². The summed E-state index contributed by atoms with van der Waals surface area (Å²) in [6.45, 7) is 13.9. The summed E-state index contributed by atoms with van der Waals surface area (Å²) >= 11 is 0. The average molecular weight is 578 g/mol. The molecule has 1 saturated carbocycles. The molecule has 1 aliphatic heterocycles. The largest absolute Gasteiger partial charge is 0.357 e. The Morgan fingerprint density at radius 1 is 0.939 bits per heavy atom. The van der Waals surface area contributed by atoms with Crippen LogP contribution in [0.5, 0.6) is 0 Å². The number of halogens is 1. The van der Waals surface area contributed by atoms with Crippen LogP contribution in [0.1, 0.15) is 85.5 Å². The third-order valence-electron chi connectivity index (χ3n) is 7.01. The zero-order valence-corrected chi connectivity index (χ0v) is 23.8. The Morgan fingerprint density at radius 3 is 2.09 bits per heavy atom. The lowest BCUT2D eigenvalue weighted by atomic mass is 9.67. The molecule has 0 bridgehead atoms. The molecule has 0 radical (unpaired) electrons. The molecule has 7 nitrogen and oxygen atoms in total. The highest BCUT2D eigenvalue weighted by molar-refractivity contribution is 14.0. The molecular formula is C25H48IN5O2. The maximum atomic E-state index is 12.5. The van der Waals surface area contributed by atoms with Crippen molar-refractivity contribution in [2.45, 2.75) is 85.5 Å². The number of nitrogens with one attached hydrogen (secondary N) is 2. The first-order valence-electron chi connectivity index (χ1n) is 13.0. The van der Waals surface area contributed by atoms with E-state index in [4.69, 9.17) is 4.99 Å². The molecule has 0 atom stereocenters. The smallest absolute Gasteiger partial charge is 0.222 e. The summed E-state index contributed by atoms with van der Waals surface area (Å²) in [6, 6.07) is 0. The van der Waals surface area contributed by atoms with Crippen molar-refractivity contribution in [2.75, 3.05) is 45.8 Å². The number of hydrogen-bond acceptors (Lipinski definition) is 3. The van der Waals surface area contributed by atoms with E-state index < -0.39 is 0 Å². The minimum atomic E-state index is 0. The molecule has 0 aromatic rings. The van der Waals surface area contributed by atoms with Gasteiger partial charge in [0.1, 0.15) is 0 Å². The van der Waals surface area contributed by atoms with Gasteiger partial charge in [-0.05, 0) is 50.4 Å². The van der Waals surface area contributed by atoms with E-state index in [1.54, 1.807) is 0 Å². The van der Waals surface area contributed by atoms with Crippen LogP contribution in [0.25, 0.3) is 0 Å². The number of carbonyl (C=O) groups excluding carboxylic acids is 2. The monoisotopic (exact) mass is 577 g/mol. The maximum absolute atomic E-state index is 12.5. The fraction of sp³-hybridized carbons (Fsp3) is 0.880. The van der Waals surface area contributed by atoms with Crippen molar-refractivity contribution in [2.24, 2.45) is 16.3 Å². The molecule has 2 fully saturated rings. The molecule has 0 aromatic carbocycles. The Balaban J connectivity index is 0.00000544. The third kappa shape index (κ3) is 10.4. The molecular weight excluding hydrogens is 529 g/mol. The molecule has 2 N–H and O–H groups in total. The van der Waals surface area contributed by atoms with Crippen LogP contribution >= 0.6 is 24.0 Å². The number of hydrogen-bond donors (Lipinski definition) is 2. The third-order valence-corrected chi connectivity index (χ3v) is 7.01. The van der Waals surface area contributed by atoms with E-state index in [9.17, 15) is 9.59 Å². The lowest BCUT2D eigenvalue weighted by Gasteiger charge is -2.40. The van der Waals surface area contributed by atoms with Crippen LogP contribution in [0.2, 0.25) is 0 Å². The number of guanidine groups is 1. The van der Waals surface area contributed by atoms with Gasteiger partial charge in [0.2, 0.25) is 11.8 Å². The number of piperazine rings is 1. The minimum absolute atomic E-state index is 0. The van der Waals surface area contributed by atoms with Gasteiger partial charge in [0, 0.05) is 58.7 Å². The number of rotatable bonds is 12. The number of nitrogens with zero attached hydrogens (tertiary/aromatic N) is 3. The Labute approximate surface area is 218 Å². The summed E-state index contributed by atoms with van der Waals surface area (Å²) in [5.74, 6) is 1.76. The second-order valence-corrected chi connectivity index (χ2v) is 10.00. The average Bonchev–Trinajstić information content (AvgIpc) is 2.75. The van der Waals surface area contributed by atoms with E-state index in [0.29, 0.717) is 50.4 Å². The first-order valence-corrected chi connectivity index (χ1v) is 13.0. The van der Waals surface area contributed by atoms with E-state index in [2.05, 4.69) is 38.3 Å². The van der Waals surface area contributed by atoms with Crippen molar-refractivity contribution in [3.8, 4) is 0 Å². The van der Waals surface area contributed by atoms with Crippen LogP contribution in [-0.2, 0) is 9.59 Å². The van der Waals surface area contributed by atoms with Crippen molar-refractivity contribution in [3.05, 3.63) is 0 Å². The Morgan fingerprint density at radius 2 is 1.58 bits per heavy atom. The number of amides is 2. The van der Waals surface area contributed by atoms with E-state index in [1.165, 1.54) is 25.7 Å².